The number of hydrogen-bond donors (Lipinski definition) is 2. The van der Waals surface area contributed by atoms with Crippen LogP contribution in [0.3, 0.4) is 0 Å². The van der Waals surface area contributed by atoms with Crippen molar-refractivity contribution in [3.05, 3.63) is 17.5 Å². The largest absolute Gasteiger partial charge is 0.351 e. The van der Waals surface area contributed by atoms with E-state index in [4.69, 9.17) is 0 Å². The maximum atomic E-state index is 12.5. The maximum Gasteiger partial charge on any atom is 0.270 e. The van der Waals surface area contributed by atoms with Crippen LogP contribution in [0.5, 0.6) is 0 Å². The fraction of sp³-hybridized carbons (Fsp3) is 0.722. The minimum absolute atomic E-state index is 0.0585. The zero-order valence-electron chi connectivity index (χ0n) is 14.1. The van der Waals surface area contributed by atoms with Gasteiger partial charge >= 0.3 is 0 Å². The third-order valence-corrected chi connectivity index (χ3v) is 4.97. The van der Waals surface area contributed by atoms with E-state index in [-0.39, 0.29) is 5.91 Å². The number of aromatic nitrogens is 2. The molecule has 2 aliphatic carbocycles. The van der Waals surface area contributed by atoms with Crippen molar-refractivity contribution in [1.82, 2.24) is 15.3 Å². The highest BCUT2D eigenvalue weighted by molar-refractivity contribution is 5.92. The maximum absolute atomic E-state index is 12.5. The van der Waals surface area contributed by atoms with Gasteiger partial charge in [-0.3, -0.25) is 4.79 Å². The van der Waals surface area contributed by atoms with E-state index in [1.165, 1.54) is 51.4 Å². The number of carbonyl (C=O) groups excluding carboxylic acids is 1. The van der Waals surface area contributed by atoms with Gasteiger partial charge in [0.25, 0.3) is 5.91 Å². The van der Waals surface area contributed by atoms with E-state index in [1.807, 2.05) is 6.92 Å². The summed E-state index contributed by atoms with van der Waals surface area (Å²) in [4.78, 5) is 21.4. The molecule has 0 bridgehead atoms. The van der Waals surface area contributed by atoms with Crippen LogP contribution in [-0.2, 0) is 0 Å². The Morgan fingerprint density at radius 3 is 2.26 bits per heavy atom. The van der Waals surface area contributed by atoms with E-state index in [0.29, 0.717) is 23.7 Å². The molecule has 23 heavy (non-hydrogen) atoms. The van der Waals surface area contributed by atoms with Gasteiger partial charge in [0.05, 0.1) is 0 Å². The Morgan fingerprint density at radius 2 is 1.57 bits per heavy atom. The number of rotatable bonds is 4. The summed E-state index contributed by atoms with van der Waals surface area (Å²) in [5, 5.41) is 6.55. The average Bonchev–Trinajstić information content (AvgIpc) is 2.89. The molecule has 0 atom stereocenters. The Kier molecular flexibility index (Phi) is 5.47. The molecular formula is C18H28N4O. The standard InChI is InChI=1S/C18H28N4O/c1-13-12-16(17(23)20-14-8-4-2-3-5-9-14)22-18(19-13)21-15-10-6-7-11-15/h12,14-15H,2-11H2,1H3,(H,20,23)(H,19,21,22). The molecule has 2 fully saturated rings. The van der Waals surface area contributed by atoms with Crippen LogP contribution in [0.2, 0.25) is 0 Å². The molecule has 3 rings (SSSR count). The summed E-state index contributed by atoms with van der Waals surface area (Å²) in [5.41, 5.74) is 1.33. The molecule has 1 amide bonds. The second-order valence-electron chi connectivity index (χ2n) is 7.01. The molecular weight excluding hydrogens is 288 g/mol. The number of amides is 1. The third-order valence-electron chi connectivity index (χ3n) is 4.97. The van der Waals surface area contributed by atoms with Gasteiger partial charge in [-0.25, -0.2) is 9.97 Å². The first kappa shape index (κ1) is 16.2. The van der Waals surface area contributed by atoms with Crippen molar-refractivity contribution >= 4 is 11.9 Å². The summed E-state index contributed by atoms with van der Waals surface area (Å²) >= 11 is 0. The Balaban J connectivity index is 1.65. The third kappa shape index (κ3) is 4.66. The topological polar surface area (TPSA) is 66.9 Å². The van der Waals surface area contributed by atoms with Crippen molar-refractivity contribution in [1.29, 1.82) is 0 Å². The molecule has 0 aromatic carbocycles. The van der Waals surface area contributed by atoms with Gasteiger partial charge in [-0.15, -0.1) is 0 Å². The summed E-state index contributed by atoms with van der Waals surface area (Å²) in [5.74, 6) is 0.541. The van der Waals surface area contributed by atoms with Gasteiger partial charge in [0.2, 0.25) is 5.95 Å². The van der Waals surface area contributed by atoms with Crippen LogP contribution >= 0.6 is 0 Å². The van der Waals surface area contributed by atoms with Gasteiger partial charge in [0, 0.05) is 17.8 Å². The average molecular weight is 316 g/mol. The van der Waals surface area contributed by atoms with Crippen molar-refractivity contribution in [3.8, 4) is 0 Å². The number of carbonyl (C=O) groups is 1. The Morgan fingerprint density at radius 1 is 0.957 bits per heavy atom. The summed E-state index contributed by atoms with van der Waals surface area (Å²) in [7, 11) is 0. The van der Waals surface area contributed by atoms with Crippen molar-refractivity contribution in [2.75, 3.05) is 5.32 Å². The van der Waals surface area contributed by atoms with Gasteiger partial charge in [0.1, 0.15) is 5.69 Å². The lowest BCUT2D eigenvalue weighted by Gasteiger charge is -2.17. The smallest absolute Gasteiger partial charge is 0.270 e. The first-order valence-corrected chi connectivity index (χ1v) is 9.14. The quantitative estimate of drug-likeness (QED) is 0.833. The molecule has 1 aromatic rings. The molecule has 0 saturated heterocycles. The SMILES string of the molecule is Cc1cc(C(=O)NC2CCCCCC2)nc(NC2CCCC2)n1. The molecule has 0 spiro atoms. The Bertz CT molecular complexity index is 532. The highest BCUT2D eigenvalue weighted by atomic mass is 16.1. The van der Waals surface area contributed by atoms with Gasteiger partial charge in [-0.2, -0.15) is 0 Å². The summed E-state index contributed by atoms with van der Waals surface area (Å²) in [6.07, 6.45) is 12.0. The molecule has 5 heteroatoms. The minimum atomic E-state index is -0.0585. The van der Waals surface area contributed by atoms with Crippen LogP contribution in [0.4, 0.5) is 5.95 Å². The van der Waals surface area contributed by atoms with E-state index >= 15 is 0 Å². The predicted octanol–water partition coefficient (Wildman–Crippen LogP) is 3.59. The molecule has 0 radical (unpaired) electrons. The van der Waals surface area contributed by atoms with Gasteiger partial charge in [-0.1, -0.05) is 38.5 Å². The number of nitrogens with one attached hydrogen (secondary N) is 2. The lowest BCUT2D eigenvalue weighted by molar-refractivity contribution is 0.0928. The van der Waals surface area contributed by atoms with Crippen molar-refractivity contribution < 1.29 is 4.79 Å². The van der Waals surface area contributed by atoms with Crippen LogP contribution in [0.15, 0.2) is 6.07 Å². The fourth-order valence-corrected chi connectivity index (χ4v) is 3.69. The lowest BCUT2D eigenvalue weighted by Crippen LogP contribution is -2.35. The second kappa shape index (κ2) is 7.75. The van der Waals surface area contributed by atoms with E-state index in [9.17, 15) is 4.79 Å². The molecule has 1 aromatic heterocycles. The number of nitrogens with zero attached hydrogens (tertiary/aromatic N) is 2. The van der Waals surface area contributed by atoms with Crippen LogP contribution in [-0.4, -0.2) is 28.0 Å². The zero-order valence-corrected chi connectivity index (χ0v) is 14.1. The normalized spacial score (nSPS) is 20.2. The molecule has 2 aliphatic rings. The number of hydrogen-bond acceptors (Lipinski definition) is 4. The van der Waals surface area contributed by atoms with Crippen molar-refractivity contribution in [2.24, 2.45) is 0 Å². The van der Waals surface area contributed by atoms with Gasteiger partial charge < -0.3 is 10.6 Å². The molecule has 2 saturated carbocycles. The number of aryl methyl sites for hydroxylation is 1. The first-order chi connectivity index (χ1) is 11.2. The highest BCUT2D eigenvalue weighted by Gasteiger charge is 2.19. The molecule has 5 nitrogen and oxygen atoms in total. The van der Waals surface area contributed by atoms with E-state index in [0.717, 1.165) is 18.5 Å². The first-order valence-electron chi connectivity index (χ1n) is 9.14. The van der Waals surface area contributed by atoms with Crippen molar-refractivity contribution in [3.63, 3.8) is 0 Å². The summed E-state index contributed by atoms with van der Waals surface area (Å²) < 4.78 is 0. The zero-order chi connectivity index (χ0) is 16.1. The molecule has 2 N–H and O–H groups in total. The Labute approximate surface area is 138 Å². The minimum Gasteiger partial charge on any atom is -0.351 e. The molecule has 0 unspecified atom stereocenters. The fourth-order valence-electron chi connectivity index (χ4n) is 3.69. The van der Waals surface area contributed by atoms with Crippen LogP contribution in [0, 0.1) is 6.92 Å². The van der Waals surface area contributed by atoms with E-state index < -0.39 is 0 Å². The highest BCUT2D eigenvalue weighted by Crippen LogP contribution is 2.21. The summed E-state index contributed by atoms with van der Waals surface area (Å²) in [6.45, 7) is 1.92. The van der Waals surface area contributed by atoms with Crippen LogP contribution < -0.4 is 10.6 Å². The van der Waals surface area contributed by atoms with Gasteiger partial charge in [0.15, 0.2) is 0 Å². The van der Waals surface area contributed by atoms with E-state index in [1.54, 1.807) is 6.07 Å². The predicted molar refractivity (Wildman–Crippen MR) is 91.6 cm³/mol. The molecule has 1 heterocycles. The lowest BCUT2D eigenvalue weighted by atomic mass is 10.1. The van der Waals surface area contributed by atoms with Gasteiger partial charge in [-0.05, 0) is 38.7 Å². The second-order valence-corrected chi connectivity index (χ2v) is 7.01. The van der Waals surface area contributed by atoms with Crippen LogP contribution in [0.25, 0.3) is 0 Å². The molecule has 0 aliphatic heterocycles. The summed E-state index contributed by atoms with van der Waals surface area (Å²) in [6, 6.07) is 2.53. The Hall–Kier alpha value is -1.65. The van der Waals surface area contributed by atoms with Crippen molar-refractivity contribution in [2.45, 2.75) is 83.2 Å². The number of anilines is 1. The monoisotopic (exact) mass is 316 g/mol. The molecule has 126 valence electrons. The van der Waals surface area contributed by atoms with E-state index in [2.05, 4.69) is 20.6 Å². The van der Waals surface area contributed by atoms with Crippen LogP contribution in [0.1, 0.15) is 80.4 Å².